The minimum Gasteiger partial charge on any atom is -0.348 e. The molecule has 2 N–H and O–H groups in total. The van der Waals surface area contributed by atoms with Gasteiger partial charge in [0.15, 0.2) is 0 Å². The number of nitrogens with one attached hydrogen (secondary N) is 1. The number of pyridine rings is 1. The number of benzene rings is 2. The van der Waals surface area contributed by atoms with Crippen LogP contribution in [0.3, 0.4) is 0 Å². The van der Waals surface area contributed by atoms with Crippen LogP contribution in [0.1, 0.15) is 27.0 Å². The predicted octanol–water partition coefficient (Wildman–Crippen LogP) is 3.90. The Bertz CT molecular complexity index is 992. The van der Waals surface area contributed by atoms with Crippen molar-refractivity contribution in [1.82, 2.24) is 10.3 Å². The van der Waals surface area contributed by atoms with Crippen molar-refractivity contribution < 1.29 is 13.6 Å². The Hall–Kier alpha value is -3.03. The first-order valence-corrected chi connectivity index (χ1v) is 9.77. The van der Waals surface area contributed by atoms with E-state index in [4.69, 9.17) is 0 Å². The molecule has 0 saturated carbocycles. The van der Waals surface area contributed by atoms with E-state index in [1.54, 1.807) is 42.7 Å². The second-order valence-electron chi connectivity index (χ2n) is 6.41. The van der Waals surface area contributed by atoms with Gasteiger partial charge in [0.2, 0.25) is 0 Å². The molecule has 2 aromatic carbocycles. The molecule has 0 spiro atoms. The maximum Gasteiger partial charge on any atom is 0.266 e. The van der Waals surface area contributed by atoms with Crippen LogP contribution < -0.4 is 9.62 Å². The zero-order chi connectivity index (χ0) is 20.1. The third kappa shape index (κ3) is 4.62. The number of carbonyl (C=O) groups is 1. The van der Waals surface area contributed by atoms with Crippen LogP contribution in [0, 0.1) is 13.8 Å². The zero-order valence-electron chi connectivity index (χ0n) is 15.6. The average molecular weight is 395 g/mol. The number of hydrogen-bond donors (Lipinski definition) is 2. The van der Waals surface area contributed by atoms with Gasteiger partial charge in [-0.2, -0.15) is 0 Å². The van der Waals surface area contributed by atoms with Crippen LogP contribution >= 0.6 is 0 Å². The van der Waals surface area contributed by atoms with Crippen LogP contribution in [0.15, 0.2) is 67.0 Å². The van der Waals surface area contributed by atoms with Crippen LogP contribution in [0.4, 0.5) is 11.4 Å². The van der Waals surface area contributed by atoms with E-state index in [1.165, 1.54) is 4.31 Å². The average Bonchev–Trinajstić information content (AvgIpc) is 2.70. The van der Waals surface area contributed by atoms with E-state index in [2.05, 4.69) is 10.3 Å². The maximum absolute atomic E-state index is 12.6. The molecule has 28 heavy (non-hydrogen) atoms. The van der Waals surface area contributed by atoms with Crippen molar-refractivity contribution >= 4 is 28.5 Å². The molecule has 0 radical (unpaired) electrons. The lowest BCUT2D eigenvalue weighted by Gasteiger charge is -2.23. The number of amides is 1. The van der Waals surface area contributed by atoms with Crippen molar-refractivity contribution in [2.24, 2.45) is 0 Å². The van der Waals surface area contributed by atoms with Crippen LogP contribution in [-0.2, 0) is 17.8 Å². The van der Waals surface area contributed by atoms with Gasteiger partial charge in [0, 0.05) is 24.5 Å². The SMILES string of the molecule is Cc1ccc(N(c2cc(C(=O)NCc3cccnc3)ccc2C)S(=O)O)cc1. The van der Waals surface area contributed by atoms with E-state index >= 15 is 0 Å². The number of anilines is 2. The lowest BCUT2D eigenvalue weighted by Crippen LogP contribution is -2.24. The van der Waals surface area contributed by atoms with E-state index in [1.807, 2.05) is 38.1 Å². The Labute approximate surface area is 166 Å². The second kappa shape index (κ2) is 8.77. The standard InChI is InChI=1S/C21H21N3O3S/c1-15-5-9-19(10-6-15)24(28(26)27)20-12-18(8-7-16(20)2)21(25)23-14-17-4-3-11-22-13-17/h3-13H,14H2,1-2H3,(H,23,25)(H,26,27). The number of hydrogen-bond acceptors (Lipinski definition) is 3. The first-order chi connectivity index (χ1) is 13.5. The van der Waals surface area contributed by atoms with E-state index in [-0.39, 0.29) is 5.91 Å². The van der Waals surface area contributed by atoms with E-state index < -0.39 is 11.3 Å². The van der Waals surface area contributed by atoms with Crippen molar-refractivity contribution in [3.8, 4) is 0 Å². The molecule has 0 saturated heterocycles. The van der Waals surface area contributed by atoms with Gasteiger partial charge in [0.05, 0.1) is 11.4 Å². The molecule has 3 rings (SSSR count). The van der Waals surface area contributed by atoms with Gasteiger partial charge in [0.25, 0.3) is 17.2 Å². The lowest BCUT2D eigenvalue weighted by atomic mass is 10.1. The topological polar surface area (TPSA) is 82.5 Å². The van der Waals surface area contributed by atoms with Crippen molar-refractivity contribution in [3.05, 3.63) is 89.2 Å². The van der Waals surface area contributed by atoms with Crippen molar-refractivity contribution in [2.45, 2.75) is 20.4 Å². The fourth-order valence-electron chi connectivity index (χ4n) is 2.75. The fourth-order valence-corrected chi connectivity index (χ4v) is 3.42. The molecule has 0 aliphatic rings. The lowest BCUT2D eigenvalue weighted by molar-refractivity contribution is 0.0951. The number of aryl methyl sites for hydroxylation is 2. The maximum atomic E-state index is 12.6. The van der Waals surface area contributed by atoms with Gasteiger partial charge < -0.3 is 5.32 Å². The molecule has 3 aromatic rings. The Kier molecular flexibility index (Phi) is 6.18. The highest BCUT2D eigenvalue weighted by Gasteiger charge is 2.19. The molecule has 0 fully saturated rings. The van der Waals surface area contributed by atoms with Crippen LogP contribution in [0.2, 0.25) is 0 Å². The summed E-state index contributed by atoms with van der Waals surface area (Å²) in [6.45, 7) is 4.13. The largest absolute Gasteiger partial charge is 0.348 e. The highest BCUT2D eigenvalue weighted by atomic mass is 32.2. The molecule has 0 aliphatic heterocycles. The molecule has 144 valence electrons. The zero-order valence-corrected chi connectivity index (χ0v) is 16.4. The third-order valence-corrected chi connectivity index (χ3v) is 5.01. The summed E-state index contributed by atoms with van der Waals surface area (Å²) >= 11 is -2.28. The van der Waals surface area contributed by atoms with Gasteiger partial charge in [-0.15, -0.1) is 0 Å². The summed E-state index contributed by atoms with van der Waals surface area (Å²) < 4.78 is 23.2. The van der Waals surface area contributed by atoms with Crippen molar-refractivity contribution in [1.29, 1.82) is 0 Å². The van der Waals surface area contributed by atoms with E-state index in [0.717, 1.165) is 16.7 Å². The molecule has 6 nitrogen and oxygen atoms in total. The predicted molar refractivity (Wildman–Crippen MR) is 111 cm³/mol. The van der Waals surface area contributed by atoms with Gasteiger partial charge in [-0.05, 0) is 55.3 Å². The fraction of sp³-hybridized carbons (Fsp3) is 0.143. The van der Waals surface area contributed by atoms with Gasteiger partial charge in [-0.1, -0.05) is 29.8 Å². The molecule has 0 aliphatic carbocycles. The highest BCUT2D eigenvalue weighted by Crippen LogP contribution is 2.30. The molecular weight excluding hydrogens is 374 g/mol. The molecule has 1 heterocycles. The Morgan fingerprint density at radius 3 is 2.54 bits per heavy atom. The highest BCUT2D eigenvalue weighted by molar-refractivity contribution is 7.81. The van der Waals surface area contributed by atoms with Crippen molar-refractivity contribution in [3.63, 3.8) is 0 Å². The van der Waals surface area contributed by atoms with Gasteiger partial charge >= 0.3 is 0 Å². The first-order valence-electron chi connectivity index (χ1n) is 8.71. The normalized spacial score (nSPS) is 11.7. The van der Waals surface area contributed by atoms with Gasteiger partial charge in [-0.25, -0.2) is 8.51 Å². The molecule has 1 atom stereocenters. The molecule has 7 heteroatoms. The van der Waals surface area contributed by atoms with Crippen LogP contribution in [-0.4, -0.2) is 19.7 Å². The monoisotopic (exact) mass is 395 g/mol. The summed E-state index contributed by atoms with van der Waals surface area (Å²) in [5, 5.41) is 2.84. The number of carbonyl (C=O) groups excluding carboxylic acids is 1. The summed E-state index contributed by atoms with van der Waals surface area (Å²) in [6, 6.07) is 16.1. The quantitative estimate of drug-likeness (QED) is 0.620. The van der Waals surface area contributed by atoms with Gasteiger partial charge in [0.1, 0.15) is 0 Å². The first kappa shape index (κ1) is 19.7. The molecular formula is C21H21N3O3S. The van der Waals surface area contributed by atoms with Crippen LogP contribution in [0.5, 0.6) is 0 Å². The van der Waals surface area contributed by atoms with E-state index in [9.17, 15) is 13.6 Å². The smallest absolute Gasteiger partial charge is 0.266 e. The summed E-state index contributed by atoms with van der Waals surface area (Å²) in [5.74, 6) is -0.266. The summed E-state index contributed by atoms with van der Waals surface area (Å²) in [6.07, 6.45) is 3.36. The Morgan fingerprint density at radius 1 is 1.14 bits per heavy atom. The molecule has 1 aromatic heterocycles. The number of aromatic nitrogens is 1. The minimum absolute atomic E-state index is 0.266. The molecule has 1 amide bonds. The van der Waals surface area contributed by atoms with Crippen molar-refractivity contribution in [2.75, 3.05) is 4.31 Å². The summed E-state index contributed by atoms with van der Waals surface area (Å²) in [5.41, 5.74) is 4.20. The number of nitrogens with zero attached hydrogens (tertiary/aromatic N) is 2. The molecule has 1 unspecified atom stereocenters. The molecule has 0 bridgehead atoms. The minimum atomic E-state index is -2.28. The van der Waals surface area contributed by atoms with Gasteiger partial charge in [-0.3, -0.25) is 14.3 Å². The van der Waals surface area contributed by atoms with E-state index in [0.29, 0.717) is 23.5 Å². The third-order valence-electron chi connectivity index (χ3n) is 4.29. The summed E-state index contributed by atoms with van der Waals surface area (Å²) in [7, 11) is 0. The second-order valence-corrected chi connectivity index (χ2v) is 7.23. The number of rotatable bonds is 6. The Morgan fingerprint density at radius 2 is 1.89 bits per heavy atom. The summed E-state index contributed by atoms with van der Waals surface area (Å²) in [4.78, 5) is 16.6. The Balaban J connectivity index is 1.87. The van der Waals surface area contributed by atoms with Crippen LogP contribution in [0.25, 0.3) is 0 Å².